The van der Waals surface area contributed by atoms with Gasteiger partial charge in [0.2, 0.25) is 0 Å². The SMILES string of the molecule is CNCc1ccc(N2CCCOC(C)C2)nc1C. The molecule has 4 heteroatoms. The lowest BCUT2D eigenvalue weighted by molar-refractivity contribution is 0.0820. The van der Waals surface area contributed by atoms with Crippen LogP contribution in [0.4, 0.5) is 5.82 Å². The molecule has 1 aromatic heterocycles. The Balaban J connectivity index is 2.14. The van der Waals surface area contributed by atoms with Crippen molar-refractivity contribution in [3.8, 4) is 0 Å². The van der Waals surface area contributed by atoms with Gasteiger partial charge >= 0.3 is 0 Å². The van der Waals surface area contributed by atoms with Crippen LogP contribution in [0.3, 0.4) is 0 Å². The number of rotatable bonds is 3. The van der Waals surface area contributed by atoms with E-state index in [4.69, 9.17) is 9.72 Å². The summed E-state index contributed by atoms with van der Waals surface area (Å²) in [6.45, 7) is 7.89. The molecule has 1 aromatic rings. The molecule has 1 aliphatic heterocycles. The van der Waals surface area contributed by atoms with Crippen molar-refractivity contribution in [2.45, 2.75) is 32.9 Å². The summed E-state index contributed by atoms with van der Waals surface area (Å²) in [5.74, 6) is 1.07. The van der Waals surface area contributed by atoms with E-state index in [1.54, 1.807) is 0 Å². The molecule has 1 aliphatic rings. The summed E-state index contributed by atoms with van der Waals surface area (Å²) < 4.78 is 5.67. The molecule has 0 aromatic carbocycles. The Morgan fingerprint density at radius 2 is 2.33 bits per heavy atom. The Morgan fingerprint density at radius 3 is 3.06 bits per heavy atom. The van der Waals surface area contributed by atoms with E-state index in [2.05, 4.69) is 36.2 Å². The van der Waals surface area contributed by atoms with Gasteiger partial charge in [-0.15, -0.1) is 0 Å². The molecule has 2 rings (SSSR count). The van der Waals surface area contributed by atoms with Crippen LogP contribution in [0.25, 0.3) is 0 Å². The molecule has 0 bridgehead atoms. The number of hydrogen-bond donors (Lipinski definition) is 1. The highest BCUT2D eigenvalue weighted by atomic mass is 16.5. The van der Waals surface area contributed by atoms with Gasteiger partial charge in [-0.1, -0.05) is 6.07 Å². The molecule has 0 aliphatic carbocycles. The molecule has 0 amide bonds. The Labute approximate surface area is 109 Å². The van der Waals surface area contributed by atoms with E-state index in [9.17, 15) is 0 Å². The molecule has 0 spiro atoms. The van der Waals surface area contributed by atoms with Gasteiger partial charge in [0.05, 0.1) is 6.10 Å². The second-order valence-corrected chi connectivity index (χ2v) is 4.93. The lowest BCUT2D eigenvalue weighted by Gasteiger charge is -2.24. The van der Waals surface area contributed by atoms with Gasteiger partial charge in [-0.05, 0) is 38.9 Å². The normalized spacial score (nSPS) is 20.8. The van der Waals surface area contributed by atoms with Crippen molar-refractivity contribution in [2.75, 3.05) is 31.6 Å². The van der Waals surface area contributed by atoms with E-state index in [0.717, 1.165) is 44.2 Å². The van der Waals surface area contributed by atoms with Gasteiger partial charge in [-0.2, -0.15) is 0 Å². The predicted molar refractivity (Wildman–Crippen MR) is 74.0 cm³/mol. The van der Waals surface area contributed by atoms with E-state index in [1.807, 2.05) is 7.05 Å². The van der Waals surface area contributed by atoms with Crippen molar-refractivity contribution in [3.63, 3.8) is 0 Å². The van der Waals surface area contributed by atoms with Crippen molar-refractivity contribution in [1.29, 1.82) is 0 Å². The molecule has 1 atom stereocenters. The summed E-state index contributed by atoms with van der Waals surface area (Å²) in [7, 11) is 1.96. The van der Waals surface area contributed by atoms with E-state index in [1.165, 1.54) is 5.56 Å². The molecule has 0 saturated carbocycles. The fraction of sp³-hybridized carbons (Fsp3) is 0.643. The third-order valence-corrected chi connectivity index (χ3v) is 3.32. The van der Waals surface area contributed by atoms with E-state index in [-0.39, 0.29) is 6.10 Å². The number of pyridine rings is 1. The molecular weight excluding hydrogens is 226 g/mol. The lowest BCUT2D eigenvalue weighted by Crippen LogP contribution is -2.31. The molecule has 100 valence electrons. The fourth-order valence-corrected chi connectivity index (χ4v) is 2.33. The van der Waals surface area contributed by atoms with E-state index >= 15 is 0 Å². The maximum absolute atomic E-state index is 5.67. The summed E-state index contributed by atoms with van der Waals surface area (Å²) in [6, 6.07) is 4.29. The number of aryl methyl sites for hydroxylation is 1. The quantitative estimate of drug-likeness (QED) is 0.885. The van der Waals surface area contributed by atoms with Crippen LogP contribution in [0.1, 0.15) is 24.6 Å². The number of nitrogens with zero attached hydrogens (tertiary/aromatic N) is 2. The first kappa shape index (κ1) is 13.3. The second-order valence-electron chi connectivity index (χ2n) is 4.93. The largest absolute Gasteiger partial charge is 0.377 e. The average molecular weight is 249 g/mol. The van der Waals surface area contributed by atoms with Crippen LogP contribution < -0.4 is 10.2 Å². The predicted octanol–water partition coefficient (Wildman–Crippen LogP) is 1.72. The monoisotopic (exact) mass is 249 g/mol. The Hall–Kier alpha value is -1.13. The van der Waals surface area contributed by atoms with Crippen molar-refractivity contribution < 1.29 is 4.74 Å². The maximum atomic E-state index is 5.67. The first-order valence-electron chi connectivity index (χ1n) is 6.68. The summed E-state index contributed by atoms with van der Waals surface area (Å²) in [4.78, 5) is 7.05. The number of nitrogens with one attached hydrogen (secondary N) is 1. The Kier molecular flexibility index (Phi) is 4.55. The Bertz CT molecular complexity index is 395. The molecule has 1 N–H and O–H groups in total. The van der Waals surface area contributed by atoms with E-state index in [0.29, 0.717) is 0 Å². The topological polar surface area (TPSA) is 37.4 Å². The van der Waals surface area contributed by atoms with Crippen molar-refractivity contribution >= 4 is 5.82 Å². The average Bonchev–Trinajstić information content (AvgIpc) is 2.57. The molecule has 4 nitrogen and oxygen atoms in total. The summed E-state index contributed by atoms with van der Waals surface area (Å²) in [5, 5.41) is 3.17. The van der Waals surface area contributed by atoms with Gasteiger partial charge in [-0.25, -0.2) is 4.98 Å². The smallest absolute Gasteiger partial charge is 0.128 e. The highest BCUT2D eigenvalue weighted by Gasteiger charge is 2.16. The molecule has 1 saturated heterocycles. The van der Waals surface area contributed by atoms with E-state index < -0.39 is 0 Å². The van der Waals surface area contributed by atoms with Gasteiger partial charge < -0.3 is 15.0 Å². The number of hydrogen-bond acceptors (Lipinski definition) is 4. The van der Waals surface area contributed by atoms with Crippen molar-refractivity contribution in [1.82, 2.24) is 10.3 Å². The highest BCUT2D eigenvalue weighted by molar-refractivity contribution is 5.42. The molecule has 1 fully saturated rings. The van der Waals surface area contributed by atoms with Crippen LogP contribution in [0.2, 0.25) is 0 Å². The van der Waals surface area contributed by atoms with Crippen LogP contribution in [0.15, 0.2) is 12.1 Å². The zero-order valence-corrected chi connectivity index (χ0v) is 11.6. The zero-order chi connectivity index (χ0) is 13.0. The molecule has 18 heavy (non-hydrogen) atoms. The summed E-state index contributed by atoms with van der Waals surface area (Å²) in [5.41, 5.74) is 2.38. The lowest BCUT2D eigenvalue weighted by atomic mass is 10.2. The minimum absolute atomic E-state index is 0.284. The number of anilines is 1. The van der Waals surface area contributed by atoms with Gasteiger partial charge in [0, 0.05) is 31.9 Å². The van der Waals surface area contributed by atoms with Gasteiger partial charge in [0.25, 0.3) is 0 Å². The third-order valence-electron chi connectivity index (χ3n) is 3.32. The van der Waals surface area contributed by atoms with Crippen LogP contribution in [-0.4, -0.2) is 37.8 Å². The summed E-state index contributed by atoms with van der Waals surface area (Å²) in [6.07, 6.45) is 1.36. The van der Waals surface area contributed by atoms with Crippen LogP contribution in [0.5, 0.6) is 0 Å². The maximum Gasteiger partial charge on any atom is 0.128 e. The zero-order valence-electron chi connectivity index (χ0n) is 11.6. The van der Waals surface area contributed by atoms with Crippen molar-refractivity contribution in [3.05, 3.63) is 23.4 Å². The van der Waals surface area contributed by atoms with Gasteiger partial charge in [-0.3, -0.25) is 0 Å². The third kappa shape index (κ3) is 3.21. The number of ether oxygens (including phenoxy) is 1. The second kappa shape index (κ2) is 6.16. The molecule has 0 radical (unpaired) electrons. The first-order chi connectivity index (χ1) is 8.70. The first-order valence-corrected chi connectivity index (χ1v) is 6.68. The Morgan fingerprint density at radius 1 is 1.50 bits per heavy atom. The highest BCUT2D eigenvalue weighted by Crippen LogP contribution is 2.17. The van der Waals surface area contributed by atoms with Crippen LogP contribution >= 0.6 is 0 Å². The van der Waals surface area contributed by atoms with Crippen molar-refractivity contribution in [2.24, 2.45) is 0 Å². The van der Waals surface area contributed by atoms with Gasteiger partial charge in [0.15, 0.2) is 0 Å². The molecule has 1 unspecified atom stereocenters. The van der Waals surface area contributed by atoms with Gasteiger partial charge in [0.1, 0.15) is 5.82 Å². The fourth-order valence-electron chi connectivity index (χ4n) is 2.33. The standard InChI is InChI=1S/C14H23N3O/c1-11-10-17(7-4-8-18-11)14-6-5-13(9-15-3)12(2)16-14/h5-6,11,15H,4,7-10H2,1-3H3. The minimum Gasteiger partial charge on any atom is -0.377 e. The van der Waals surface area contributed by atoms with Crippen LogP contribution in [0, 0.1) is 6.92 Å². The number of aromatic nitrogens is 1. The summed E-state index contributed by atoms with van der Waals surface area (Å²) >= 11 is 0. The minimum atomic E-state index is 0.284. The van der Waals surface area contributed by atoms with Crippen LogP contribution in [-0.2, 0) is 11.3 Å². The molecular formula is C14H23N3O. The molecule has 2 heterocycles.